The molecule has 154 valence electrons. The maximum Gasteiger partial charge on any atom is 0.391 e. The fourth-order valence-corrected chi connectivity index (χ4v) is 6.72. The molecule has 0 radical (unpaired) electrons. The van der Waals surface area contributed by atoms with Crippen LogP contribution < -0.4 is 4.90 Å². The Balaban J connectivity index is 1.79. The van der Waals surface area contributed by atoms with Crippen molar-refractivity contribution in [3.63, 3.8) is 0 Å². The SMILES string of the molecule is O=S(=O)(c1ccc(Cl)cc1)c1sc2ncccc2c1N1CCC(C(F)(F)F)CC1. The highest BCUT2D eigenvalue weighted by Gasteiger charge is 2.42. The summed E-state index contributed by atoms with van der Waals surface area (Å²) in [5.41, 5.74) is 0.439. The molecule has 0 bridgehead atoms. The lowest BCUT2D eigenvalue weighted by atomic mass is 9.96. The first-order chi connectivity index (χ1) is 13.7. The topological polar surface area (TPSA) is 50.3 Å². The van der Waals surface area contributed by atoms with Crippen molar-refractivity contribution >= 4 is 48.7 Å². The number of aromatic nitrogens is 1. The molecule has 0 N–H and O–H groups in total. The van der Waals surface area contributed by atoms with Crippen molar-refractivity contribution in [1.29, 1.82) is 0 Å². The van der Waals surface area contributed by atoms with Gasteiger partial charge in [0, 0.05) is 29.7 Å². The van der Waals surface area contributed by atoms with Crippen LogP contribution in [-0.2, 0) is 9.84 Å². The van der Waals surface area contributed by atoms with Gasteiger partial charge in [-0.25, -0.2) is 13.4 Å². The quantitative estimate of drug-likeness (QED) is 0.513. The summed E-state index contributed by atoms with van der Waals surface area (Å²) < 4.78 is 65.9. The Labute approximate surface area is 174 Å². The molecular weight excluding hydrogens is 445 g/mol. The summed E-state index contributed by atoms with van der Waals surface area (Å²) in [5, 5.41) is 1.05. The third-order valence-corrected chi connectivity index (χ3v) is 8.68. The number of pyridine rings is 1. The molecule has 0 atom stereocenters. The standard InChI is InChI=1S/C19H16ClF3N2O2S2/c20-13-3-5-14(6-4-13)29(26,27)18-16(15-2-1-9-24-17(15)28-18)25-10-7-12(8-11-25)19(21,22)23/h1-6,9,12H,7-8,10-11H2. The van der Waals surface area contributed by atoms with Gasteiger partial charge in [0.2, 0.25) is 9.84 Å². The number of piperidine rings is 1. The van der Waals surface area contributed by atoms with Crippen molar-refractivity contribution in [3.8, 4) is 0 Å². The molecule has 1 aromatic carbocycles. The van der Waals surface area contributed by atoms with Gasteiger partial charge in [-0.3, -0.25) is 0 Å². The minimum atomic E-state index is -4.23. The number of thiophene rings is 1. The first-order valence-corrected chi connectivity index (χ1v) is 11.6. The molecule has 0 spiro atoms. The third-order valence-electron chi connectivity index (χ3n) is 5.05. The van der Waals surface area contributed by atoms with Gasteiger partial charge in [0.05, 0.1) is 16.5 Å². The Bertz CT molecular complexity index is 1140. The van der Waals surface area contributed by atoms with Gasteiger partial charge in [0.1, 0.15) is 4.83 Å². The second-order valence-electron chi connectivity index (χ2n) is 6.85. The van der Waals surface area contributed by atoms with Gasteiger partial charge < -0.3 is 4.90 Å². The molecule has 0 amide bonds. The molecule has 1 fully saturated rings. The predicted molar refractivity (Wildman–Crippen MR) is 108 cm³/mol. The zero-order chi connectivity index (χ0) is 20.8. The molecule has 10 heteroatoms. The van der Waals surface area contributed by atoms with Crippen molar-refractivity contribution in [2.24, 2.45) is 5.92 Å². The van der Waals surface area contributed by atoms with Crippen LogP contribution in [-0.4, -0.2) is 32.7 Å². The second kappa shape index (κ2) is 7.45. The van der Waals surface area contributed by atoms with Gasteiger partial charge in [-0.05, 0) is 49.2 Å². The Morgan fingerprint density at radius 3 is 2.38 bits per heavy atom. The lowest BCUT2D eigenvalue weighted by molar-refractivity contribution is -0.179. The molecule has 29 heavy (non-hydrogen) atoms. The summed E-state index contributed by atoms with van der Waals surface area (Å²) in [6, 6.07) is 9.29. The number of fused-ring (bicyclic) bond motifs is 1. The molecular formula is C19H16ClF3N2O2S2. The molecule has 0 saturated carbocycles. The monoisotopic (exact) mass is 460 g/mol. The van der Waals surface area contributed by atoms with Gasteiger partial charge in [-0.2, -0.15) is 13.2 Å². The van der Waals surface area contributed by atoms with Gasteiger partial charge >= 0.3 is 6.18 Å². The predicted octanol–water partition coefficient (Wildman–Crippen LogP) is 5.56. The van der Waals surface area contributed by atoms with E-state index in [1.54, 1.807) is 23.2 Å². The van der Waals surface area contributed by atoms with Gasteiger partial charge in [0.25, 0.3) is 0 Å². The van der Waals surface area contributed by atoms with Crippen LogP contribution in [0.1, 0.15) is 12.8 Å². The lowest BCUT2D eigenvalue weighted by Gasteiger charge is -2.34. The van der Waals surface area contributed by atoms with Crippen LogP contribution in [0.5, 0.6) is 0 Å². The van der Waals surface area contributed by atoms with E-state index in [1.807, 2.05) is 0 Å². The van der Waals surface area contributed by atoms with E-state index in [1.165, 1.54) is 24.3 Å². The average Bonchev–Trinajstić information content (AvgIpc) is 3.08. The molecule has 2 aromatic heterocycles. The van der Waals surface area contributed by atoms with Gasteiger partial charge in [-0.15, -0.1) is 11.3 Å². The molecule has 1 aliphatic rings. The molecule has 3 aromatic rings. The summed E-state index contributed by atoms with van der Waals surface area (Å²) in [7, 11) is -3.88. The van der Waals surface area contributed by atoms with Crippen LogP contribution in [0, 0.1) is 5.92 Å². The number of hydrogen-bond acceptors (Lipinski definition) is 5. The Hall–Kier alpha value is -1.84. The molecule has 0 unspecified atom stereocenters. The molecule has 1 aliphatic heterocycles. The van der Waals surface area contributed by atoms with Crippen molar-refractivity contribution in [2.75, 3.05) is 18.0 Å². The summed E-state index contributed by atoms with van der Waals surface area (Å²) in [5.74, 6) is -1.36. The third kappa shape index (κ3) is 3.83. The van der Waals surface area contributed by atoms with Gasteiger partial charge in [-0.1, -0.05) is 11.6 Å². The van der Waals surface area contributed by atoms with Crippen LogP contribution in [0.4, 0.5) is 18.9 Å². The lowest BCUT2D eigenvalue weighted by Crippen LogP contribution is -2.39. The second-order valence-corrected chi connectivity index (χ2v) is 10.4. The summed E-state index contributed by atoms with van der Waals surface area (Å²) in [6.07, 6.45) is -2.80. The van der Waals surface area contributed by atoms with E-state index in [0.29, 0.717) is 20.9 Å². The molecule has 0 aliphatic carbocycles. The highest BCUT2D eigenvalue weighted by atomic mass is 35.5. The highest BCUT2D eigenvalue weighted by molar-refractivity contribution is 7.93. The van der Waals surface area contributed by atoms with E-state index in [2.05, 4.69) is 4.98 Å². The first-order valence-electron chi connectivity index (χ1n) is 8.88. The van der Waals surface area contributed by atoms with Crippen LogP contribution >= 0.6 is 22.9 Å². The van der Waals surface area contributed by atoms with Crippen molar-refractivity contribution in [1.82, 2.24) is 4.98 Å². The fourth-order valence-electron chi connectivity index (χ4n) is 3.53. The zero-order valence-electron chi connectivity index (χ0n) is 15.0. The largest absolute Gasteiger partial charge is 0.391 e. The van der Waals surface area contributed by atoms with Crippen LogP contribution in [0.15, 0.2) is 51.7 Å². The maximum atomic E-state index is 13.3. The molecule has 3 heterocycles. The number of benzene rings is 1. The molecule has 1 saturated heterocycles. The highest BCUT2D eigenvalue weighted by Crippen LogP contribution is 2.45. The number of sulfone groups is 1. The minimum Gasteiger partial charge on any atom is -0.369 e. The van der Waals surface area contributed by atoms with E-state index in [0.717, 1.165) is 11.3 Å². The van der Waals surface area contributed by atoms with E-state index in [-0.39, 0.29) is 35.0 Å². The van der Waals surface area contributed by atoms with Crippen molar-refractivity contribution < 1.29 is 21.6 Å². The number of anilines is 1. The maximum absolute atomic E-state index is 13.3. The summed E-state index contributed by atoms with van der Waals surface area (Å²) in [4.78, 5) is 6.62. The number of halogens is 4. The van der Waals surface area contributed by atoms with Crippen molar-refractivity contribution in [2.45, 2.75) is 28.1 Å². The minimum absolute atomic E-state index is 0.0679. The molecule has 4 nitrogen and oxygen atoms in total. The van der Waals surface area contributed by atoms with E-state index >= 15 is 0 Å². The number of hydrogen-bond donors (Lipinski definition) is 0. The van der Waals surface area contributed by atoms with Crippen LogP contribution in [0.3, 0.4) is 0 Å². The van der Waals surface area contributed by atoms with Crippen molar-refractivity contribution in [3.05, 3.63) is 47.6 Å². The number of rotatable bonds is 3. The smallest absolute Gasteiger partial charge is 0.369 e. The number of nitrogens with zero attached hydrogens (tertiary/aromatic N) is 2. The van der Waals surface area contributed by atoms with Gasteiger partial charge in [0.15, 0.2) is 4.21 Å². The zero-order valence-corrected chi connectivity index (χ0v) is 17.4. The Morgan fingerprint density at radius 1 is 1.10 bits per heavy atom. The Kier molecular flexibility index (Phi) is 5.25. The summed E-state index contributed by atoms with van der Waals surface area (Å²) >= 11 is 6.91. The van der Waals surface area contributed by atoms with E-state index in [9.17, 15) is 21.6 Å². The Morgan fingerprint density at radius 2 is 1.76 bits per heavy atom. The average molecular weight is 461 g/mol. The normalized spacial score (nSPS) is 16.5. The fraction of sp³-hybridized carbons (Fsp3) is 0.316. The van der Waals surface area contributed by atoms with E-state index < -0.39 is 21.9 Å². The summed E-state index contributed by atoms with van der Waals surface area (Å²) in [6.45, 7) is 0.266. The van der Waals surface area contributed by atoms with Crippen LogP contribution in [0.25, 0.3) is 10.2 Å². The first kappa shape index (κ1) is 20.4. The van der Waals surface area contributed by atoms with E-state index in [4.69, 9.17) is 11.6 Å². The number of alkyl halides is 3. The molecule has 4 rings (SSSR count). The van der Waals surface area contributed by atoms with Crippen LogP contribution in [0.2, 0.25) is 5.02 Å².